The summed E-state index contributed by atoms with van der Waals surface area (Å²) >= 11 is 2.88. The van der Waals surface area contributed by atoms with Crippen molar-refractivity contribution in [2.24, 2.45) is 0 Å². The highest BCUT2D eigenvalue weighted by Gasteiger charge is 2.28. The van der Waals surface area contributed by atoms with Crippen LogP contribution in [0.5, 0.6) is 0 Å². The summed E-state index contributed by atoms with van der Waals surface area (Å²) in [7, 11) is -2.14. The average Bonchev–Trinajstić information content (AvgIpc) is 3.05. The number of nitrogens with two attached hydrogens (primary N) is 1. The molecule has 3 aromatic heterocycles. The van der Waals surface area contributed by atoms with Crippen LogP contribution < -0.4 is 5.73 Å². The number of fused-ring (bicyclic) bond motifs is 1. The van der Waals surface area contributed by atoms with Gasteiger partial charge >= 0.3 is 0 Å². The van der Waals surface area contributed by atoms with E-state index in [1.54, 1.807) is 11.6 Å². The summed E-state index contributed by atoms with van der Waals surface area (Å²) in [5.41, 5.74) is 6.72. The highest BCUT2D eigenvalue weighted by atomic mass is 32.2. The molecule has 2 N–H and O–H groups in total. The Morgan fingerprint density at radius 2 is 2.25 bits per heavy atom. The quantitative estimate of drug-likeness (QED) is 0.792. The van der Waals surface area contributed by atoms with Crippen molar-refractivity contribution in [2.75, 3.05) is 12.8 Å². The first kappa shape index (κ1) is 13.6. The number of nitrogen functional groups attached to an aromatic ring is 1. The standard InChI is InChI=1S/C11H12N4O2S3/c1-14(6-8-2-4-18-7-8)20(16,17)10-9(12)13-11-15(10)3-5-19-11/h2-5,7H,6,12H2,1H3. The summed E-state index contributed by atoms with van der Waals surface area (Å²) < 4.78 is 28.1. The molecular formula is C11H12N4O2S3. The third-order valence-electron chi connectivity index (χ3n) is 2.88. The molecule has 0 atom stereocenters. The van der Waals surface area contributed by atoms with Gasteiger partial charge in [-0.15, -0.1) is 11.3 Å². The Hall–Kier alpha value is -1.42. The summed E-state index contributed by atoms with van der Waals surface area (Å²) in [5, 5.41) is 5.65. The van der Waals surface area contributed by atoms with E-state index in [0.29, 0.717) is 11.5 Å². The summed E-state index contributed by atoms with van der Waals surface area (Å²) in [5.74, 6) is 0.0361. The first-order valence-electron chi connectivity index (χ1n) is 5.68. The molecule has 0 unspecified atom stereocenters. The fraction of sp³-hybridized carbons (Fsp3) is 0.182. The Bertz CT molecular complexity index is 832. The van der Waals surface area contributed by atoms with E-state index in [4.69, 9.17) is 5.73 Å². The van der Waals surface area contributed by atoms with E-state index >= 15 is 0 Å². The van der Waals surface area contributed by atoms with E-state index in [1.807, 2.05) is 16.8 Å². The molecule has 0 aliphatic heterocycles. The zero-order valence-corrected chi connectivity index (χ0v) is 13.0. The number of aromatic nitrogens is 2. The molecule has 0 bridgehead atoms. The van der Waals surface area contributed by atoms with Gasteiger partial charge < -0.3 is 5.73 Å². The first-order chi connectivity index (χ1) is 9.50. The lowest BCUT2D eigenvalue weighted by Crippen LogP contribution is -2.28. The minimum Gasteiger partial charge on any atom is -0.381 e. The van der Waals surface area contributed by atoms with Crippen LogP contribution in [0.15, 0.2) is 33.4 Å². The summed E-state index contributed by atoms with van der Waals surface area (Å²) in [6.07, 6.45) is 1.66. The van der Waals surface area contributed by atoms with E-state index in [-0.39, 0.29) is 10.8 Å². The van der Waals surface area contributed by atoms with E-state index in [0.717, 1.165) is 5.56 Å². The lowest BCUT2D eigenvalue weighted by Gasteiger charge is -2.16. The molecule has 0 amide bonds. The van der Waals surface area contributed by atoms with Crippen molar-refractivity contribution >= 4 is 43.5 Å². The second-order valence-electron chi connectivity index (χ2n) is 4.25. The number of hydrogen-bond donors (Lipinski definition) is 1. The molecule has 3 aromatic rings. The van der Waals surface area contributed by atoms with Crippen LogP contribution in [-0.4, -0.2) is 29.2 Å². The fourth-order valence-corrected chi connectivity index (χ4v) is 4.67. The zero-order chi connectivity index (χ0) is 14.3. The van der Waals surface area contributed by atoms with Gasteiger partial charge in [-0.2, -0.15) is 15.6 Å². The molecule has 0 aliphatic carbocycles. The number of sulfonamides is 1. The van der Waals surface area contributed by atoms with Gasteiger partial charge in [0.15, 0.2) is 15.8 Å². The van der Waals surface area contributed by atoms with Gasteiger partial charge in [-0.3, -0.25) is 4.40 Å². The minimum atomic E-state index is -3.68. The number of anilines is 1. The van der Waals surface area contributed by atoms with Crippen LogP contribution in [0.1, 0.15) is 5.56 Å². The maximum Gasteiger partial charge on any atom is 0.262 e. The smallest absolute Gasteiger partial charge is 0.262 e. The maximum absolute atomic E-state index is 12.6. The average molecular weight is 328 g/mol. The summed E-state index contributed by atoms with van der Waals surface area (Å²) in [6.45, 7) is 0.308. The van der Waals surface area contributed by atoms with Gasteiger partial charge in [-0.25, -0.2) is 13.4 Å². The molecule has 0 saturated heterocycles. The highest BCUT2D eigenvalue weighted by molar-refractivity contribution is 7.89. The number of nitrogens with zero attached hydrogens (tertiary/aromatic N) is 3. The summed E-state index contributed by atoms with van der Waals surface area (Å²) in [4.78, 5) is 4.65. The van der Waals surface area contributed by atoms with Gasteiger partial charge in [0, 0.05) is 25.2 Å². The van der Waals surface area contributed by atoms with Gasteiger partial charge in [0.05, 0.1) is 0 Å². The first-order valence-corrected chi connectivity index (χ1v) is 8.95. The molecule has 0 saturated carbocycles. The SMILES string of the molecule is CN(Cc1ccsc1)S(=O)(=O)c1c(N)nc2sccn12. The van der Waals surface area contributed by atoms with Crippen LogP contribution in [0.4, 0.5) is 5.82 Å². The van der Waals surface area contributed by atoms with E-state index in [9.17, 15) is 8.42 Å². The molecule has 0 aromatic carbocycles. The highest BCUT2D eigenvalue weighted by Crippen LogP contribution is 2.26. The molecular weight excluding hydrogens is 316 g/mol. The van der Waals surface area contributed by atoms with Crippen LogP contribution in [0.25, 0.3) is 4.96 Å². The van der Waals surface area contributed by atoms with Crippen molar-refractivity contribution in [3.8, 4) is 0 Å². The van der Waals surface area contributed by atoms with Gasteiger partial charge in [0.1, 0.15) is 0 Å². The largest absolute Gasteiger partial charge is 0.381 e. The number of rotatable bonds is 4. The molecule has 6 nitrogen and oxygen atoms in total. The van der Waals surface area contributed by atoms with E-state index in [2.05, 4.69) is 4.98 Å². The Balaban J connectivity index is 2.02. The molecule has 106 valence electrons. The Labute approximate surface area is 124 Å². The minimum absolute atomic E-state index is 0.0338. The third-order valence-corrected chi connectivity index (χ3v) is 6.22. The Morgan fingerprint density at radius 3 is 2.95 bits per heavy atom. The Morgan fingerprint density at radius 1 is 1.45 bits per heavy atom. The number of thiazole rings is 1. The molecule has 0 fully saturated rings. The van der Waals surface area contributed by atoms with Crippen LogP contribution in [0.3, 0.4) is 0 Å². The predicted molar refractivity (Wildman–Crippen MR) is 80.5 cm³/mol. The van der Waals surface area contributed by atoms with Gasteiger partial charge in [0.25, 0.3) is 10.0 Å². The van der Waals surface area contributed by atoms with Crippen molar-refractivity contribution in [2.45, 2.75) is 11.6 Å². The van der Waals surface area contributed by atoms with Crippen molar-refractivity contribution < 1.29 is 8.42 Å². The van der Waals surface area contributed by atoms with Crippen molar-refractivity contribution in [1.29, 1.82) is 0 Å². The van der Waals surface area contributed by atoms with E-state index < -0.39 is 10.0 Å². The topological polar surface area (TPSA) is 80.7 Å². The number of thiophene rings is 1. The molecule has 0 radical (unpaired) electrons. The van der Waals surface area contributed by atoms with Gasteiger partial charge in [0.2, 0.25) is 0 Å². The Kier molecular flexibility index (Phi) is 3.28. The number of imidazole rings is 1. The fourth-order valence-electron chi connectivity index (χ4n) is 1.91. The van der Waals surface area contributed by atoms with Crippen LogP contribution in [0.2, 0.25) is 0 Å². The normalized spacial score (nSPS) is 12.5. The van der Waals surface area contributed by atoms with E-state index in [1.165, 1.54) is 38.4 Å². The zero-order valence-electron chi connectivity index (χ0n) is 10.6. The second-order valence-corrected chi connectivity index (χ2v) is 7.86. The van der Waals surface area contributed by atoms with Gasteiger partial charge in [-0.1, -0.05) is 0 Å². The third kappa shape index (κ3) is 2.12. The lowest BCUT2D eigenvalue weighted by atomic mass is 10.3. The molecule has 20 heavy (non-hydrogen) atoms. The predicted octanol–water partition coefficient (Wildman–Crippen LogP) is 1.86. The second kappa shape index (κ2) is 4.85. The lowest BCUT2D eigenvalue weighted by molar-refractivity contribution is 0.464. The molecule has 3 rings (SSSR count). The molecule has 9 heteroatoms. The monoisotopic (exact) mass is 328 g/mol. The van der Waals surface area contributed by atoms with Crippen LogP contribution >= 0.6 is 22.7 Å². The molecule has 3 heterocycles. The summed E-state index contributed by atoms with van der Waals surface area (Å²) in [6, 6.07) is 1.90. The maximum atomic E-state index is 12.6. The molecule has 0 aliphatic rings. The van der Waals surface area contributed by atoms with Crippen molar-refractivity contribution in [3.05, 3.63) is 34.0 Å². The van der Waals surface area contributed by atoms with Crippen molar-refractivity contribution in [3.63, 3.8) is 0 Å². The number of hydrogen-bond acceptors (Lipinski definition) is 6. The van der Waals surface area contributed by atoms with Gasteiger partial charge in [-0.05, 0) is 22.4 Å². The van der Waals surface area contributed by atoms with Crippen molar-refractivity contribution in [1.82, 2.24) is 13.7 Å². The molecule has 0 spiro atoms. The van der Waals surface area contributed by atoms with Crippen LogP contribution in [-0.2, 0) is 16.6 Å². The van der Waals surface area contributed by atoms with Crippen LogP contribution in [0, 0.1) is 0 Å².